The Balaban J connectivity index is 1.10. The molecule has 3 heterocycles. The number of benzene rings is 6. The molecule has 0 spiro atoms. The van der Waals surface area contributed by atoms with Crippen molar-refractivity contribution in [3.05, 3.63) is 234 Å². The Morgan fingerprint density at radius 2 is 0.894 bits per heavy atom. The van der Waals surface area contributed by atoms with Crippen LogP contribution in [0.1, 0.15) is 48.8 Å². The summed E-state index contributed by atoms with van der Waals surface area (Å²) in [6.45, 7) is 0. The van der Waals surface area contributed by atoms with Crippen LogP contribution in [0.4, 0.5) is 0 Å². The number of pyridine rings is 3. The maximum Gasteiger partial charge on any atom is 0.354 e. The summed E-state index contributed by atoms with van der Waals surface area (Å²) in [5, 5.41) is 28.5. The van der Waals surface area contributed by atoms with Gasteiger partial charge in [-0.05, 0) is 128 Å². The van der Waals surface area contributed by atoms with Gasteiger partial charge in [-0.1, -0.05) is 146 Å². The number of nitriles is 1. The van der Waals surface area contributed by atoms with Crippen molar-refractivity contribution in [1.29, 1.82) is 5.26 Å². The fourth-order valence-corrected chi connectivity index (χ4v) is 8.29. The van der Waals surface area contributed by atoms with E-state index in [1.54, 1.807) is 18.5 Å². The number of nitrogens with zero attached hydrogens (tertiary/aromatic N) is 4. The zero-order chi connectivity index (χ0) is 45.4. The summed E-state index contributed by atoms with van der Waals surface area (Å²) in [6, 6.07) is 61.2. The normalized spacial score (nSPS) is 10.9. The molecule has 8 heteroatoms. The van der Waals surface area contributed by atoms with Gasteiger partial charge in [0, 0.05) is 29.7 Å². The van der Waals surface area contributed by atoms with E-state index in [1.807, 2.05) is 66.9 Å². The molecule has 0 atom stereocenters. The minimum Gasteiger partial charge on any atom is -0.477 e. The van der Waals surface area contributed by atoms with Crippen LogP contribution >= 0.6 is 0 Å². The van der Waals surface area contributed by atoms with E-state index < -0.39 is 11.9 Å². The van der Waals surface area contributed by atoms with Crippen LogP contribution in [0.3, 0.4) is 0 Å². The SMILES string of the molecule is N#Cc1cccc(-c2cc(-c3ccc(-c4ccc(-c5ccccc5)cc4)cc3)c(-c3ccccc3-c3cc(CCc4ccc(C(=O)O)nc4)cc(CCc4ccc(C(=O)O)nc4)c3)cn2)c1. The fraction of sp³-hybridized carbons (Fsp3) is 0.0690. The van der Waals surface area contributed by atoms with E-state index in [4.69, 9.17) is 4.98 Å². The quantitative estimate of drug-likeness (QED) is 0.110. The van der Waals surface area contributed by atoms with Crippen LogP contribution in [0, 0.1) is 11.3 Å². The molecule has 8 nitrogen and oxygen atoms in total. The molecule has 0 saturated carbocycles. The van der Waals surface area contributed by atoms with Crippen molar-refractivity contribution in [3.8, 4) is 73.0 Å². The lowest BCUT2D eigenvalue weighted by atomic mass is 9.87. The van der Waals surface area contributed by atoms with E-state index in [2.05, 4.69) is 113 Å². The molecule has 6 aromatic carbocycles. The second kappa shape index (κ2) is 19.3. The van der Waals surface area contributed by atoms with E-state index >= 15 is 0 Å². The maximum atomic E-state index is 11.5. The van der Waals surface area contributed by atoms with E-state index in [0.717, 1.165) is 83.6 Å². The summed E-state index contributed by atoms with van der Waals surface area (Å²) in [6.07, 6.45) is 7.89. The molecule has 0 aliphatic carbocycles. The Hall–Kier alpha value is -8.80. The zero-order valence-corrected chi connectivity index (χ0v) is 35.8. The molecule has 9 aromatic rings. The molecular formula is C58H42N4O4. The highest BCUT2D eigenvalue weighted by atomic mass is 16.4. The summed E-state index contributed by atoms with van der Waals surface area (Å²) in [7, 11) is 0. The van der Waals surface area contributed by atoms with Crippen LogP contribution in [-0.2, 0) is 25.7 Å². The number of aromatic nitrogens is 3. The van der Waals surface area contributed by atoms with Crippen molar-refractivity contribution in [1.82, 2.24) is 15.0 Å². The third-order valence-corrected chi connectivity index (χ3v) is 11.8. The number of carbonyl (C=O) groups is 2. The monoisotopic (exact) mass is 858 g/mol. The van der Waals surface area contributed by atoms with Crippen LogP contribution in [-0.4, -0.2) is 37.1 Å². The second-order valence-corrected chi connectivity index (χ2v) is 16.1. The van der Waals surface area contributed by atoms with Crippen LogP contribution in [0.15, 0.2) is 195 Å². The van der Waals surface area contributed by atoms with Gasteiger partial charge in [-0.3, -0.25) is 4.98 Å². The Kier molecular flexibility index (Phi) is 12.4. The first kappa shape index (κ1) is 42.5. The largest absolute Gasteiger partial charge is 0.477 e. The summed E-state index contributed by atoms with van der Waals surface area (Å²) < 4.78 is 0. The van der Waals surface area contributed by atoms with Crippen molar-refractivity contribution >= 4 is 11.9 Å². The Morgan fingerprint density at radius 1 is 0.394 bits per heavy atom. The van der Waals surface area contributed by atoms with E-state index in [9.17, 15) is 25.1 Å². The Morgan fingerprint density at radius 3 is 1.42 bits per heavy atom. The van der Waals surface area contributed by atoms with Gasteiger partial charge < -0.3 is 10.2 Å². The highest BCUT2D eigenvalue weighted by Gasteiger charge is 2.17. The lowest BCUT2D eigenvalue weighted by Gasteiger charge is -2.18. The van der Waals surface area contributed by atoms with Gasteiger partial charge in [0.2, 0.25) is 0 Å². The van der Waals surface area contributed by atoms with Gasteiger partial charge in [0.05, 0.1) is 17.3 Å². The third kappa shape index (κ3) is 9.71. The molecule has 0 amide bonds. The predicted octanol–water partition coefficient (Wildman–Crippen LogP) is 12.7. The first-order valence-corrected chi connectivity index (χ1v) is 21.6. The van der Waals surface area contributed by atoms with Crippen molar-refractivity contribution in [2.45, 2.75) is 25.7 Å². The van der Waals surface area contributed by atoms with Gasteiger partial charge in [-0.15, -0.1) is 0 Å². The number of aryl methyl sites for hydroxylation is 4. The number of carboxylic acids is 2. The number of rotatable bonds is 14. The predicted molar refractivity (Wildman–Crippen MR) is 259 cm³/mol. The topological polar surface area (TPSA) is 137 Å². The van der Waals surface area contributed by atoms with Gasteiger partial charge in [-0.2, -0.15) is 5.26 Å². The fourth-order valence-electron chi connectivity index (χ4n) is 8.29. The molecule has 9 rings (SSSR count). The molecular weight excluding hydrogens is 817 g/mol. The smallest absolute Gasteiger partial charge is 0.354 e. The van der Waals surface area contributed by atoms with Crippen LogP contribution < -0.4 is 0 Å². The molecule has 318 valence electrons. The number of hydrogen-bond donors (Lipinski definition) is 2. The van der Waals surface area contributed by atoms with Crippen molar-refractivity contribution in [2.24, 2.45) is 0 Å². The van der Waals surface area contributed by atoms with Gasteiger partial charge in [0.15, 0.2) is 0 Å². The van der Waals surface area contributed by atoms with E-state index in [0.29, 0.717) is 31.2 Å². The van der Waals surface area contributed by atoms with Crippen LogP contribution in [0.2, 0.25) is 0 Å². The summed E-state index contributed by atoms with van der Waals surface area (Å²) >= 11 is 0. The Labute approximate surface area is 382 Å². The van der Waals surface area contributed by atoms with E-state index in [1.165, 1.54) is 17.7 Å². The van der Waals surface area contributed by atoms with Crippen LogP contribution in [0.25, 0.3) is 66.9 Å². The molecule has 0 aliphatic heterocycles. The van der Waals surface area contributed by atoms with Crippen molar-refractivity contribution in [3.63, 3.8) is 0 Å². The molecule has 0 bridgehead atoms. The first-order chi connectivity index (χ1) is 32.3. The molecule has 0 fully saturated rings. The Bertz CT molecular complexity index is 3150. The summed E-state index contributed by atoms with van der Waals surface area (Å²) in [5.41, 5.74) is 16.8. The second-order valence-electron chi connectivity index (χ2n) is 16.1. The number of hydrogen-bond acceptors (Lipinski definition) is 6. The minimum absolute atomic E-state index is 0.00728. The van der Waals surface area contributed by atoms with Gasteiger partial charge in [0.25, 0.3) is 0 Å². The highest BCUT2D eigenvalue weighted by Crippen LogP contribution is 2.41. The minimum atomic E-state index is -1.06. The number of aromatic carboxylic acids is 2. The molecule has 0 aliphatic rings. The van der Waals surface area contributed by atoms with Crippen molar-refractivity contribution < 1.29 is 19.8 Å². The first-order valence-electron chi connectivity index (χ1n) is 21.6. The molecule has 0 radical (unpaired) electrons. The third-order valence-electron chi connectivity index (χ3n) is 11.8. The average Bonchev–Trinajstić information content (AvgIpc) is 3.38. The number of carboxylic acid groups (broad SMARTS) is 2. The summed E-state index contributed by atoms with van der Waals surface area (Å²) in [5.74, 6) is -2.12. The molecule has 3 aromatic heterocycles. The van der Waals surface area contributed by atoms with E-state index in [-0.39, 0.29) is 11.4 Å². The van der Waals surface area contributed by atoms with Gasteiger partial charge in [-0.25, -0.2) is 19.6 Å². The lowest BCUT2D eigenvalue weighted by Crippen LogP contribution is -2.02. The summed E-state index contributed by atoms with van der Waals surface area (Å²) in [4.78, 5) is 36.2. The average molecular weight is 859 g/mol. The zero-order valence-electron chi connectivity index (χ0n) is 35.8. The lowest BCUT2D eigenvalue weighted by molar-refractivity contribution is 0.0680. The van der Waals surface area contributed by atoms with Gasteiger partial charge in [0.1, 0.15) is 11.4 Å². The maximum absolute atomic E-state index is 11.5. The highest BCUT2D eigenvalue weighted by molar-refractivity contribution is 5.93. The molecule has 0 unspecified atom stereocenters. The van der Waals surface area contributed by atoms with Crippen molar-refractivity contribution in [2.75, 3.05) is 0 Å². The molecule has 0 saturated heterocycles. The van der Waals surface area contributed by atoms with Crippen LogP contribution in [0.5, 0.6) is 0 Å². The molecule has 2 N–H and O–H groups in total. The molecule has 66 heavy (non-hydrogen) atoms. The standard InChI is InChI=1S/C58H42N4O4/c59-34-42-7-6-10-48(32-42)56-33-52(47-25-23-46(24-26-47)45-21-19-44(20-22-45)43-8-2-1-3-9-43)53(37-62-56)51-12-5-4-11-50(51)49-30-40(15-13-38-17-27-54(57(63)64)60-35-38)29-41(31-49)16-14-39-18-28-55(58(65)66)61-36-39/h1-12,17-33,35-37H,13-16H2,(H,63,64)(H,65,66). The van der Waals surface area contributed by atoms with Gasteiger partial charge >= 0.3 is 11.9 Å².